The first-order valence-electron chi connectivity index (χ1n) is 7.64. The van der Waals surface area contributed by atoms with Crippen molar-refractivity contribution in [3.63, 3.8) is 0 Å². The molecular formula is C15H22N4O. The molecule has 2 fully saturated rings. The van der Waals surface area contributed by atoms with Crippen molar-refractivity contribution in [2.24, 2.45) is 5.92 Å². The van der Waals surface area contributed by atoms with Crippen LogP contribution in [0.3, 0.4) is 0 Å². The van der Waals surface area contributed by atoms with Crippen molar-refractivity contribution < 1.29 is 4.79 Å². The molecule has 1 aliphatic carbocycles. The van der Waals surface area contributed by atoms with Gasteiger partial charge in [-0.2, -0.15) is 0 Å². The van der Waals surface area contributed by atoms with Gasteiger partial charge in [0.25, 0.3) is 0 Å². The molecule has 1 saturated heterocycles. The van der Waals surface area contributed by atoms with Crippen LogP contribution in [0.25, 0.3) is 0 Å². The molecule has 20 heavy (non-hydrogen) atoms. The van der Waals surface area contributed by atoms with Gasteiger partial charge in [0.15, 0.2) is 0 Å². The third-order valence-electron chi connectivity index (χ3n) is 4.37. The summed E-state index contributed by atoms with van der Waals surface area (Å²) in [4.78, 5) is 22.8. The molecule has 0 unspecified atom stereocenters. The molecule has 1 aromatic rings. The number of hydrogen-bond donors (Lipinski definition) is 1. The van der Waals surface area contributed by atoms with E-state index in [1.54, 1.807) is 18.6 Å². The molecule has 1 aromatic heterocycles. The molecule has 0 bridgehead atoms. The van der Waals surface area contributed by atoms with E-state index in [1.165, 1.54) is 19.3 Å². The van der Waals surface area contributed by atoms with Crippen molar-refractivity contribution >= 4 is 11.7 Å². The first-order chi connectivity index (χ1) is 9.83. The highest BCUT2D eigenvalue weighted by Gasteiger charge is 2.31. The Hall–Kier alpha value is -1.65. The number of likely N-dealkylation sites (tertiary alicyclic amines) is 1. The predicted molar refractivity (Wildman–Crippen MR) is 77.2 cm³/mol. The summed E-state index contributed by atoms with van der Waals surface area (Å²) in [5.74, 6) is 1.44. The molecule has 0 radical (unpaired) electrons. The summed E-state index contributed by atoms with van der Waals surface area (Å²) in [5.41, 5.74) is 0. The Labute approximate surface area is 119 Å². The Bertz CT molecular complexity index is 444. The molecule has 108 valence electrons. The van der Waals surface area contributed by atoms with E-state index >= 15 is 0 Å². The van der Waals surface area contributed by atoms with E-state index in [-0.39, 0.29) is 5.92 Å². The van der Waals surface area contributed by atoms with Gasteiger partial charge in [-0.15, -0.1) is 0 Å². The quantitative estimate of drug-likeness (QED) is 0.916. The lowest BCUT2D eigenvalue weighted by Gasteiger charge is -2.26. The first kappa shape index (κ1) is 13.3. The van der Waals surface area contributed by atoms with Crippen molar-refractivity contribution in [3.05, 3.63) is 18.6 Å². The summed E-state index contributed by atoms with van der Waals surface area (Å²) in [6.07, 6.45) is 12.0. The van der Waals surface area contributed by atoms with Crippen molar-refractivity contribution in [2.45, 2.75) is 44.6 Å². The van der Waals surface area contributed by atoms with Crippen LogP contribution >= 0.6 is 0 Å². The van der Waals surface area contributed by atoms with E-state index in [1.807, 2.05) is 4.90 Å². The SMILES string of the molecule is O=C(C1CCCCC1)N1CC[C@H](Nc2cnccn2)C1. The van der Waals surface area contributed by atoms with Gasteiger partial charge in [0.1, 0.15) is 5.82 Å². The summed E-state index contributed by atoms with van der Waals surface area (Å²) in [6, 6.07) is 0.305. The van der Waals surface area contributed by atoms with Crippen LogP contribution in [0.1, 0.15) is 38.5 Å². The van der Waals surface area contributed by atoms with Gasteiger partial charge in [0, 0.05) is 37.4 Å². The molecule has 3 rings (SSSR count). The molecule has 0 spiro atoms. The Morgan fingerprint density at radius 3 is 2.80 bits per heavy atom. The second-order valence-electron chi connectivity index (χ2n) is 5.84. The lowest BCUT2D eigenvalue weighted by molar-refractivity contribution is -0.135. The van der Waals surface area contributed by atoms with Crippen molar-refractivity contribution in [1.29, 1.82) is 0 Å². The second-order valence-corrected chi connectivity index (χ2v) is 5.84. The Balaban J connectivity index is 1.52. The van der Waals surface area contributed by atoms with Crippen molar-refractivity contribution in [2.75, 3.05) is 18.4 Å². The van der Waals surface area contributed by atoms with Crippen LogP contribution in [0.2, 0.25) is 0 Å². The average Bonchev–Trinajstić information content (AvgIpc) is 2.97. The highest BCUT2D eigenvalue weighted by molar-refractivity contribution is 5.79. The van der Waals surface area contributed by atoms with Gasteiger partial charge in [0.05, 0.1) is 6.20 Å². The zero-order valence-electron chi connectivity index (χ0n) is 11.8. The first-order valence-corrected chi connectivity index (χ1v) is 7.64. The summed E-state index contributed by atoms with van der Waals surface area (Å²) < 4.78 is 0. The van der Waals surface area contributed by atoms with Gasteiger partial charge in [-0.05, 0) is 19.3 Å². The molecule has 2 aliphatic rings. The fraction of sp³-hybridized carbons (Fsp3) is 0.667. The van der Waals surface area contributed by atoms with E-state index in [9.17, 15) is 4.79 Å². The molecule has 1 N–H and O–H groups in total. The van der Waals surface area contributed by atoms with Crippen LogP contribution in [0.15, 0.2) is 18.6 Å². The standard InChI is InChI=1S/C15H22N4O/c20-15(12-4-2-1-3-5-12)19-9-6-13(11-19)18-14-10-16-7-8-17-14/h7-8,10,12-13H,1-6,9,11H2,(H,17,18)/t13-/m0/s1. The number of rotatable bonds is 3. The summed E-state index contributed by atoms with van der Waals surface area (Å²) in [5, 5.41) is 3.36. The van der Waals surface area contributed by atoms with Gasteiger partial charge >= 0.3 is 0 Å². The number of aromatic nitrogens is 2. The lowest BCUT2D eigenvalue weighted by atomic mass is 9.88. The molecule has 5 nitrogen and oxygen atoms in total. The second kappa shape index (κ2) is 6.20. The van der Waals surface area contributed by atoms with Gasteiger partial charge in [-0.1, -0.05) is 19.3 Å². The minimum absolute atomic E-state index is 0.277. The Morgan fingerprint density at radius 1 is 1.20 bits per heavy atom. The van der Waals surface area contributed by atoms with Crippen LogP contribution in [0.4, 0.5) is 5.82 Å². The smallest absolute Gasteiger partial charge is 0.225 e. The van der Waals surface area contributed by atoms with Crippen LogP contribution in [-0.2, 0) is 4.79 Å². The Morgan fingerprint density at radius 2 is 2.05 bits per heavy atom. The molecule has 1 saturated carbocycles. The molecule has 1 aliphatic heterocycles. The predicted octanol–water partition coefficient (Wildman–Crippen LogP) is 2.07. The average molecular weight is 274 g/mol. The molecule has 1 amide bonds. The lowest BCUT2D eigenvalue weighted by Crippen LogP contribution is -2.36. The largest absolute Gasteiger partial charge is 0.364 e. The minimum Gasteiger partial charge on any atom is -0.364 e. The number of anilines is 1. The van der Waals surface area contributed by atoms with Gasteiger partial charge in [-0.25, -0.2) is 4.98 Å². The number of hydrogen-bond acceptors (Lipinski definition) is 4. The Kier molecular flexibility index (Phi) is 4.14. The third kappa shape index (κ3) is 3.08. The molecule has 1 atom stereocenters. The van der Waals surface area contributed by atoms with E-state index in [0.717, 1.165) is 38.2 Å². The van der Waals surface area contributed by atoms with Crippen LogP contribution in [0.5, 0.6) is 0 Å². The van der Waals surface area contributed by atoms with Crippen LogP contribution < -0.4 is 5.32 Å². The van der Waals surface area contributed by atoms with E-state index < -0.39 is 0 Å². The van der Waals surface area contributed by atoms with E-state index in [4.69, 9.17) is 0 Å². The zero-order valence-corrected chi connectivity index (χ0v) is 11.8. The monoisotopic (exact) mass is 274 g/mol. The van der Waals surface area contributed by atoms with Gasteiger partial charge in [-0.3, -0.25) is 9.78 Å². The van der Waals surface area contributed by atoms with Crippen molar-refractivity contribution in [3.8, 4) is 0 Å². The highest BCUT2D eigenvalue weighted by Crippen LogP contribution is 2.27. The number of carbonyl (C=O) groups excluding carboxylic acids is 1. The molecular weight excluding hydrogens is 252 g/mol. The maximum absolute atomic E-state index is 12.5. The topological polar surface area (TPSA) is 58.1 Å². The number of nitrogens with one attached hydrogen (secondary N) is 1. The maximum Gasteiger partial charge on any atom is 0.225 e. The highest BCUT2D eigenvalue weighted by atomic mass is 16.2. The van der Waals surface area contributed by atoms with Crippen molar-refractivity contribution in [1.82, 2.24) is 14.9 Å². The summed E-state index contributed by atoms with van der Waals surface area (Å²) >= 11 is 0. The van der Waals surface area contributed by atoms with Crippen LogP contribution in [-0.4, -0.2) is 39.9 Å². The van der Waals surface area contributed by atoms with Gasteiger partial charge < -0.3 is 10.2 Å². The third-order valence-corrected chi connectivity index (χ3v) is 4.37. The van der Waals surface area contributed by atoms with E-state index in [2.05, 4.69) is 15.3 Å². The summed E-state index contributed by atoms with van der Waals surface area (Å²) in [7, 11) is 0. The van der Waals surface area contributed by atoms with Gasteiger partial charge in [0.2, 0.25) is 5.91 Å². The molecule has 2 heterocycles. The molecule has 5 heteroatoms. The molecule has 0 aromatic carbocycles. The fourth-order valence-electron chi connectivity index (χ4n) is 3.27. The maximum atomic E-state index is 12.5. The number of nitrogens with zero attached hydrogens (tertiary/aromatic N) is 3. The normalized spacial score (nSPS) is 23.8. The fourth-order valence-corrected chi connectivity index (χ4v) is 3.27. The number of amides is 1. The van der Waals surface area contributed by atoms with Crippen LogP contribution in [0, 0.1) is 5.92 Å². The number of carbonyl (C=O) groups is 1. The zero-order chi connectivity index (χ0) is 13.8. The minimum atomic E-state index is 0.277. The van der Waals surface area contributed by atoms with E-state index in [0.29, 0.717) is 11.9 Å². The summed E-state index contributed by atoms with van der Waals surface area (Å²) in [6.45, 7) is 1.67.